The van der Waals surface area contributed by atoms with Gasteiger partial charge in [-0.1, -0.05) is 18.6 Å². The summed E-state index contributed by atoms with van der Waals surface area (Å²) < 4.78 is 0. The van der Waals surface area contributed by atoms with Crippen LogP contribution in [0.15, 0.2) is 30.3 Å². The molecule has 0 radical (unpaired) electrons. The maximum Gasteiger partial charge on any atom is 0.0705 e. The Bertz CT molecular complexity index is 562. The Morgan fingerprint density at radius 2 is 2.11 bits per heavy atom. The maximum atomic E-state index is 5.88. The SMILES string of the molecule is Cc1ccc2cc(C3CCCC3CN)ccc2n1. The second kappa shape index (κ2) is 4.69. The fourth-order valence-electron chi connectivity index (χ4n) is 3.23. The van der Waals surface area contributed by atoms with Crippen molar-refractivity contribution in [1.29, 1.82) is 0 Å². The van der Waals surface area contributed by atoms with E-state index in [1.807, 2.05) is 6.92 Å². The second-order valence-electron chi connectivity index (χ2n) is 5.44. The molecule has 2 N–H and O–H groups in total. The Hall–Kier alpha value is -1.41. The van der Waals surface area contributed by atoms with Crippen molar-refractivity contribution in [2.75, 3.05) is 6.54 Å². The number of aromatic nitrogens is 1. The van der Waals surface area contributed by atoms with Gasteiger partial charge in [0, 0.05) is 11.1 Å². The highest BCUT2D eigenvalue weighted by Gasteiger charge is 2.27. The van der Waals surface area contributed by atoms with Gasteiger partial charge in [-0.15, -0.1) is 0 Å². The third-order valence-electron chi connectivity index (χ3n) is 4.24. The summed E-state index contributed by atoms with van der Waals surface area (Å²) in [5.74, 6) is 1.32. The Morgan fingerprint density at radius 1 is 1.22 bits per heavy atom. The molecule has 1 aromatic heterocycles. The third-order valence-corrected chi connectivity index (χ3v) is 4.24. The molecule has 1 fully saturated rings. The van der Waals surface area contributed by atoms with Crippen LogP contribution in [0.4, 0.5) is 0 Å². The zero-order valence-corrected chi connectivity index (χ0v) is 10.9. The van der Waals surface area contributed by atoms with Gasteiger partial charge >= 0.3 is 0 Å². The number of hydrogen-bond donors (Lipinski definition) is 1. The average molecular weight is 240 g/mol. The first kappa shape index (κ1) is 11.7. The Labute approximate surface area is 108 Å². The molecule has 2 unspecified atom stereocenters. The van der Waals surface area contributed by atoms with Crippen LogP contribution in [-0.2, 0) is 0 Å². The van der Waals surface area contributed by atoms with Crippen LogP contribution in [-0.4, -0.2) is 11.5 Å². The molecule has 2 aromatic rings. The summed E-state index contributed by atoms with van der Waals surface area (Å²) in [5, 5.41) is 1.25. The number of benzene rings is 1. The summed E-state index contributed by atoms with van der Waals surface area (Å²) in [6.07, 6.45) is 3.88. The van der Waals surface area contributed by atoms with E-state index in [4.69, 9.17) is 5.73 Å². The zero-order chi connectivity index (χ0) is 12.5. The summed E-state index contributed by atoms with van der Waals surface area (Å²) in [5.41, 5.74) is 9.50. The van der Waals surface area contributed by atoms with Crippen LogP contribution < -0.4 is 5.73 Å². The van der Waals surface area contributed by atoms with Crippen molar-refractivity contribution in [2.24, 2.45) is 11.7 Å². The number of aryl methyl sites for hydroxylation is 1. The van der Waals surface area contributed by atoms with Gasteiger partial charge in [-0.3, -0.25) is 4.98 Å². The molecule has 0 aliphatic heterocycles. The van der Waals surface area contributed by atoms with Gasteiger partial charge < -0.3 is 5.73 Å². The molecule has 0 saturated heterocycles. The van der Waals surface area contributed by atoms with Crippen LogP contribution in [0.25, 0.3) is 10.9 Å². The molecule has 2 atom stereocenters. The standard InChI is InChI=1S/C16H20N2/c1-11-5-6-13-9-12(7-8-16(13)18-11)15-4-2-3-14(15)10-17/h5-9,14-15H,2-4,10,17H2,1H3. The first-order valence-electron chi connectivity index (χ1n) is 6.85. The summed E-state index contributed by atoms with van der Waals surface area (Å²) >= 11 is 0. The van der Waals surface area contributed by atoms with Crippen LogP contribution in [0.2, 0.25) is 0 Å². The van der Waals surface area contributed by atoms with Crippen molar-refractivity contribution >= 4 is 10.9 Å². The minimum absolute atomic E-state index is 0.653. The number of nitrogens with two attached hydrogens (primary N) is 1. The summed E-state index contributed by atoms with van der Waals surface area (Å²) in [6, 6.07) is 11.0. The molecule has 0 amide bonds. The van der Waals surface area contributed by atoms with Crippen molar-refractivity contribution in [3.05, 3.63) is 41.6 Å². The largest absolute Gasteiger partial charge is 0.330 e. The minimum Gasteiger partial charge on any atom is -0.330 e. The van der Waals surface area contributed by atoms with E-state index in [2.05, 4.69) is 35.3 Å². The highest BCUT2D eigenvalue weighted by atomic mass is 14.7. The zero-order valence-electron chi connectivity index (χ0n) is 10.9. The lowest BCUT2D eigenvalue weighted by Crippen LogP contribution is -2.17. The van der Waals surface area contributed by atoms with Gasteiger partial charge in [-0.05, 0) is 61.9 Å². The van der Waals surface area contributed by atoms with Crippen LogP contribution >= 0.6 is 0 Å². The van der Waals surface area contributed by atoms with Crippen molar-refractivity contribution in [3.8, 4) is 0 Å². The van der Waals surface area contributed by atoms with Crippen molar-refractivity contribution in [3.63, 3.8) is 0 Å². The number of pyridine rings is 1. The molecule has 0 spiro atoms. The van der Waals surface area contributed by atoms with E-state index in [1.54, 1.807) is 0 Å². The fraction of sp³-hybridized carbons (Fsp3) is 0.438. The summed E-state index contributed by atoms with van der Waals surface area (Å²) in [6.45, 7) is 2.85. The monoisotopic (exact) mass is 240 g/mol. The number of rotatable bonds is 2. The number of nitrogens with zero attached hydrogens (tertiary/aromatic N) is 1. The highest BCUT2D eigenvalue weighted by Crippen LogP contribution is 2.39. The van der Waals surface area contributed by atoms with Crippen LogP contribution in [0.5, 0.6) is 0 Å². The lowest BCUT2D eigenvalue weighted by Gasteiger charge is -2.18. The summed E-state index contributed by atoms with van der Waals surface area (Å²) in [7, 11) is 0. The second-order valence-corrected chi connectivity index (χ2v) is 5.44. The minimum atomic E-state index is 0.653. The molecular formula is C16H20N2. The van der Waals surface area contributed by atoms with Gasteiger partial charge in [0.15, 0.2) is 0 Å². The number of fused-ring (bicyclic) bond motifs is 1. The lowest BCUT2D eigenvalue weighted by molar-refractivity contribution is 0.496. The topological polar surface area (TPSA) is 38.9 Å². The van der Waals surface area contributed by atoms with Gasteiger partial charge in [0.25, 0.3) is 0 Å². The van der Waals surface area contributed by atoms with E-state index in [9.17, 15) is 0 Å². The molecule has 2 heteroatoms. The van der Waals surface area contributed by atoms with Crippen LogP contribution in [0.1, 0.15) is 36.4 Å². The molecule has 3 rings (SSSR count). The summed E-state index contributed by atoms with van der Waals surface area (Å²) in [4.78, 5) is 4.56. The molecule has 2 nitrogen and oxygen atoms in total. The first-order valence-corrected chi connectivity index (χ1v) is 6.85. The van der Waals surface area contributed by atoms with E-state index < -0.39 is 0 Å². The third kappa shape index (κ3) is 2.01. The highest BCUT2D eigenvalue weighted by molar-refractivity contribution is 5.79. The van der Waals surface area contributed by atoms with Crippen molar-refractivity contribution in [1.82, 2.24) is 4.98 Å². The van der Waals surface area contributed by atoms with Gasteiger partial charge in [0.1, 0.15) is 0 Å². The Morgan fingerprint density at radius 3 is 2.94 bits per heavy atom. The number of hydrogen-bond acceptors (Lipinski definition) is 2. The average Bonchev–Trinajstić information content (AvgIpc) is 2.86. The fourth-order valence-corrected chi connectivity index (χ4v) is 3.23. The Kier molecular flexibility index (Phi) is 3.04. The van der Waals surface area contributed by atoms with E-state index in [0.717, 1.165) is 17.8 Å². The predicted molar refractivity (Wildman–Crippen MR) is 75.6 cm³/mol. The Balaban J connectivity index is 2.00. The quantitative estimate of drug-likeness (QED) is 0.874. The van der Waals surface area contributed by atoms with Crippen molar-refractivity contribution < 1.29 is 0 Å². The molecule has 1 aliphatic carbocycles. The predicted octanol–water partition coefficient (Wildman–Crippen LogP) is 3.39. The van der Waals surface area contributed by atoms with Gasteiger partial charge in [-0.25, -0.2) is 0 Å². The van der Waals surface area contributed by atoms with E-state index in [1.165, 1.54) is 30.2 Å². The van der Waals surface area contributed by atoms with Crippen molar-refractivity contribution in [2.45, 2.75) is 32.1 Å². The van der Waals surface area contributed by atoms with E-state index in [0.29, 0.717) is 11.8 Å². The molecule has 1 aliphatic rings. The molecule has 0 bridgehead atoms. The normalized spacial score (nSPS) is 23.7. The van der Waals surface area contributed by atoms with Gasteiger partial charge in [-0.2, -0.15) is 0 Å². The molecule has 1 saturated carbocycles. The van der Waals surface area contributed by atoms with E-state index in [-0.39, 0.29) is 0 Å². The van der Waals surface area contributed by atoms with Crippen LogP contribution in [0, 0.1) is 12.8 Å². The molecule has 94 valence electrons. The first-order chi connectivity index (χ1) is 8.78. The molecular weight excluding hydrogens is 220 g/mol. The van der Waals surface area contributed by atoms with Gasteiger partial charge in [0.05, 0.1) is 5.52 Å². The van der Waals surface area contributed by atoms with E-state index >= 15 is 0 Å². The lowest BCUT2D eigenvalue weighted by atomic mass is 9.88. The molecule has 1 heterocycles. The molecule has 1 aromatic carbocycles. The maximum absolute atomic E-state index is 5.88. The van der Waals surface area contributed by atoms with Gasteiger partial charge in [0.2, 0.25) is 0 Å². The van der Waals surface area contributed by atoms with Crippen LogP contribution in [0.3, 0.4) is 0 Å². The smallest absolute Gasteiger partial charge is 0.0705 e. The molecule has 18 heavy (non-hydrogen) atoms.